The summed E-state index contributed by atoms with van der Waals surface area (Å²) in [6.07, 6.45) is 7.36. The number of rotatable bonds is 6. The maximum Gasteiger partial charge on any atom is 0.0522 e. The fraction of sp³-hybridized carbons (Fsp3) is 0.438. The van der Waals surface area contributed by atoms with Crippen molar-refractivity contribution in [3.05, 3.63) is 53.3 Å². The van der Waals surface area contributed by atoms with Crippen molar-refractivity contribution >= 4 is 0 Å². The molecule has 2 rings (SSSR count). The summed E-state index contributed by atoms with van der Waals surface area (Å²) in [6.45, 7) is 2.19. The number of aromatic nitrogens is 2. The van der Waals surface area contributed by atoms with E-state index in [9.17, 15) is 0 Å². The molecule has 0 aliphatic carbocycles. The predicted octanol–water partition coefficient (Wildman–Crippen LogP) is 2.49. The molecule has 1 heterocycles. The Labute approximate surface area is 115 Å². The van der Waals surface area contributed by atoms with E-state index < -0.39 is 0 Å². The van der Waals surface area contributed by atoms with E-state index in [0.29, 0.717) is 6.04 Å². The fourth-order valence-corrected chi connectivity index (χ4v) is 2.43. The average molecular weight is 257 g/mol. The van der Waals surface area contributed by atoms with E-state index in [1.165, 1.54) is 16.7 Å². The minimum atomic E-state index is 0.504. The zero-order valence-electron chi connectivity index (χ0n) is 12.1. The second kappa shape index (κ2) is 6.53. The van der Waals surface area contributed by atoms with Gasteiger partial charge in [0, 0.05) is 19.3 Å². The minimum absolute atomic E-state index is 0.504. The molecule has 1 N–H and O–H groups in total. The van der Waals surface area contributed by atoms with Crippen molar-refractivity contribution < 1.29 is 0 Å². The third-order valence-electron chi connectivity index (χ3n) is 3.67. The highest BCUT2D eigenvalue weighted by molar-refractivity contribution is 5.25. The van der Waals surface area contributed by atoms with Crippen LogP contribution in [0.25, 0.3) is 0 Å². The van der Waals surface area contributed by atoms with Gasteiger partial charge in [-0.15, -0.1) is 0 Å². The van der Waals surface area contributed by atoms with Gasteiger partial charge in [0.15, 0.2) is 0 Å². The van der Waals surface area contributed by atoms with E-state index in [1.54, 1.807) is 0 Å². The van der Waals surface area contributed by atoms with Crippen LogP contribution in [0.15, 0.2) is 36.7 Å². The van der Waals surface area contributed by atoms with Crippen molar-refractivity contribution in [3.63, 3.8) is 0 Å². The molecule has 2 aromatic rings. The van der Waals surface area contributed by atoms with Crippen LogP contribution in [0.4, 0.5) is 0 Å². The first-order valence-electron chi connectivity index (χ1n) is 6.88. The summed E-state index contributed by atoms with van der Waals surface area (Å²) in [4.78, 5) is 0. The lowest BCUT2D eigenvalue weighted by Gasteiger charge is -2.16. The highest BCUT2D eigenvalue weighted by Crippen LogP contribution is 2.12. The van der Waals surface area contributed by atoms with Gasteiger partial charge in [0.05, 0.1) is 6.20 Å². The Hall–Kier alpha value is -1.61. The third-order valence-corrected chi connectivity index (χ3v) is 3.67. The maximum atomic E-state index is 4.23. The molecule has 3 nitrogen and oxygen atoms in total. The van der Waals surface area contributed by atoms with Crippen LogP contribution in [-0.2, 0) is 19.9 Å². The van der Waals surface area contributed by atoms with Crippen LogP contribution in [0.1, 0.15) is 23.1 Å². The smallest absolute Gasteiger partial charge is 0.0522 e. The molecule has 1 atom stereocenters. The molecule has 0 bridgehead atoms. The lowest BCUT2D eigenvalue weighted by molar-refractivity contribution is 0.519. The predicted molar refractivity (Wildman–Crippen MR) is 79.3 cm³/mol. The van der Waals surface area contributed by atoms with Crippen molar-refractivity contribution in [3.8, 4) is 0 Å². The normalized spacial score (nSPS) is 12.6. The topological polar surface area (TPSA) is 29.9 Å². The minimum Gasteiger partial charge on any atom is -0.317 e. The van der Waals surface area contributed by atoms with Gasteiger partial charge in [0.25, 0.3) is 0 Å². The second-order valence-corrected chi connectivity index (χ2v) is 5.18. The molecule has 0 fully saturated rings. The van der Waals surface area contributed by atoms with Crippen LogP contribution >= 0.6 is 0 Å². The van der Waals surface area contributed by atoms with Crippen LogP contribution in [0.3, 0.4) is 0 Å². The van der Waals surface area contributed by atoms with Crippen molar-refractivity contribution in [2.75, 3.05) is 7.05 Å². The average Bonchev–Trinajstić information content (AvgIpc) is 2.81. The van der Waals surface area contributed by atoms with Gasteiger partial charge < -0.3 is 5.32 Å². The van der Waals surface area contributed by atoms with Gasteiger partial charge in [-0.3, -0.25) is 4.68 Å². The zero-order valence-corrected chi connectivity index (χ0v) is 12.1. The highest BCUT2D eigenvalue weighted by atomic mass is 15.2. The van der Waals surface area contributed by atoms with Gasteiger partial charge in [-0.1, -0.05) is 24.3 Å². The van der Waals surface area contributed by atoms with E-state index in [-0.39, 0.29) is 0 Å². The summed E-state index contributed by atoms with van der Waals surface area (Å²) in [5.74, 6) is 0. The van der Waals surface area contributed by atoms with Crippen molar-refractivity contribution in [2.45, 2.75) is 32.2 Å². The van der Waals surface area contributed by atoms with Crippen molar-refractivity contribution in [1.29, 1.82) is 0 Å². The van der Waals surface area contributed by atoms with E-state index in [1.807, 2.05) is 25.0 Å². The number of benzene rings is 1. The van der Waals surface area contributed by atoms with Gasteiger partial charge in [-0.2, -0.15) is 5.10 Å². The fourth-order valence-electron chi connectivity index (χ4n) is 2.43. The van der Waals surface area contributed by atoms with Crippen molar-refractivity contribution in [2.24, 2.45) is 7.05 Å². The summed E-state index contributed by atoms with van der Waals surface area (Å²) in [7, 11) is 4.00. The molecule has 102 valence electrons. The summed E-state index contributed by atoms with van der Waals surface area (Å²) >= 11 is 0. The number of aryl methyl sites for hydroxylation is 3. The molecule has 3 heteroatoms. The molecule has 0 aliphatic heterocycles. The van der Waals surface area contributed by atoms with Crippen molar-refractivity contribution in [1.82, 2.24) is 15.1 Å². The molecule has 0 saturated heterocycles. The molecule has 0 amide bonds. The molecular formula is C16H23N3. The van der Waals surface area contributed by atoms with Crippen LogP contribution < -0.4 is 5.32 Å². The summed E-state index contributed by atoms with van der Waals surface area (Å²) in [6, 6.07) is 9.14. The van der Waals surface area contributed by atoms with E-state index in [0.717, 1.165) is 19.3 Å². The summed E-state index contributed by atoms with van der Waals surface area (Å²) in [5.41, 5.74) is 4.14. The summed E-state index contributed by atoms with van der Waals surface area (Å²) in [5, 5.41) is 7.64. The lowest BCUT2D eigenvalue weighted by atomic mass is 9.98. The highest BCUT2D eigenvalue weighted by Gasteiger charge is 2.09. The van der Waals surface area contributed by atoms with Gasteiger partial charge in [0.2, 0.25) is 0 Å². The van der Waals surface area contributed by atoms with Gasteiger partial charge in [-0.25, -0.2) is 0 Å². The molecular weight excluding hydrogens is 234 g/mol. The Morgan fingerprint density at radius 1 is 1.32 bits per heavy atom. The summed E-state index contributed by atoms with van der Waals surface area (Å²) < 4.78 is 1.86. The first-order valence-corrected chi connectivity index (χ1v) is 6.88. The number of hydrogen-bond acceptors (Lipinski definition) is 2. The molecule has 1 unspecified atom stereocenters. The zero-order chi connectivity index (χ0) is 13.7. The lowest BCUT2D eigenvalue weighted by Crippen LogP contribution is -2.28. The van der Waals surface area contributed by atoms with Crippen LogP contribution in [-0.4, -0.2) is 22.9 Å². The largest absolute Gasteiger partial charge is 0.317 e. The molecule has 0 saturated carbocycles. The standard InChI is InChI=1S/C16H23N3/c1-13-6-4-5-7-15(13)8-9-16(17-2)10-14-11-18-19(3)12-14/h4-7,11-12,16-17H,8-10H2,1-3H3. The van der Waals surface area contributed by atoms with Crippen LogP contribution in [0, 0.1) is 6.92 Å². The third kappa shape index (κ3) is 3.93. The van der Waals surface area contributed by atoms with E-state index >= 15 is 0 Å². The molecule has 0 radical (unpaired) electrons. The Balaban J connectivity index is 1.91. The molecule has 0 aliphatic rings. The number of nitrogens with one attached hydrogen (secondary N) is 1. The number of nitrogens with zero attached hydrogens (tertiary/aromatic N) is 2. The Kier molecular flexibility index (Phi) is 4.74. The molecule has 1 aromatic carbocycles. The molecule has 19 heavy (non-hydrogen) atoms. The van der Waals surface area contributed by atoms with Crippen LogP contribution in [0.2, 0.25) is 0 Å². The van der Waals surface area contributed by atoms with Crippen LogP contribution in [0.5, 0.6) is 0 Å². The van der Waals surface area contributed by atoms with E-state index in [4.69, 9.17) is 0 Å². The number of likely N-dealkylation sites (N-methyl/N-ethyl adjacent to an activating group) is 1. The molecule has 0 spiro atoms. The van der Waals surface area contributed by atoms with Gasteiger partial charge in [-0.05, 0) is 49.9 Å². The Bertz CT molecular complexity index is 516. The maximum absolute atomic E-state index is 4.23. The van der Waals surface area contributed by atoms with Gasteiger partial charge in [0.1, 0.15) is 0 Å². The first kappa shape index (κ1) is 13.8. The van der Waals surface area contributed by atoms with E-state index in [2.05, 4.69) is 47.8 Å². The number of hydrogen-bond donors (Lipinski definition) is 1. The monoisotopic (exact) mass is 257 g/mol. The SMILES string of the molecule is CNC(CCc1ccccc1C)Cc1cnn(C)c1. The Morgan fingerprint density at radius 3 is 2.74 bits per heavy atom. The Morgan fingerprint density at radius 2 is 2.11 bits per heavy atom. The second-order valence-electron chi connectivity index (χ2n) is 5.18. The molecule has 1 aromatic heterocycles. The first-order chi connectivity index (χ1) is 9.19. The quantitative estimate of drug-likeness (QED) is 0.861. The van der Waals surface area contributed by atoms with Gasteiger partial charge >= 0.3 is 0 Å².